The van der Waals surface area contributed by atoms with Crippen LogP contribution >= 0.6 is 0 Å². The number of aromatic amines is 1. The maximum atomic E-state index is 12.6. The first-order chi connectivity index (χ1) is 15.6. The van der Waals surface area contributed by atoms with E-state index in [9.17, 15) is 29.3 Å². The maximum absolute atomic E-state index is 12.6. The Morgan fingerprint density at radius 1 is 1.21 bits per heavy atom. The highest BCUT2D eigenvalue weighted by atomic mass is 16.6. The summed E-state index contributed by atoms with van der Waals surface area (Å²) in [7, 11) is 1.39. The van der Waals surface area contributed by atoms with Crippen molar-refractivity contribution in [3.63, 3.8) is 0 Å². The molecular formula is C21H21N5O7. The van der Waals surface area contributed by atoms with Gasteiger partial charge in [-0.1, -0.05) is 0 Å². The van der Waals surface area contributed by atoms with Crippen molar-refractivity contribution in [3.05, 3.63) is 78.3 Å². The SMILES string of the molecule is CCOC(=O)c1ccc(NC(=O)N(C)Cn2c(=O)c(=O)[nH]c3cc(C)c([N+](=O)[O-])cc32)cc1. The Hall–Kier alpha value is -4.48. The van der Waals surface area contributed by atoms with Gasteiger partial charge in [-0.15, -0.1) is 0 Å². The second-order valence-corrected chi connectivity index (χ2v) is 7.17. The van der Waals surface area contributed by atoms with Crippen molar-refractivity contribution in [3.8, 4) is 0 Å². The van der Waals surface area contributed by atoms with Crippen molar-refractivity contribution in [2.24, 2.45) is 0 Å². The van der Waals surface area contributed by atoms with Crippen LogP contribution in [0.1, 0.15) is 22.8 Å². The van der Waals surface area contributed by atoms with Crippen molar-refractivity contribution >= 4 is 34.4 Å². The van der Waals surface area contributed by atoms with Gasteiger partial charge in [0, 0.05) is 24.4 Å². The van der Waals surface area contributed by atoms with Gasteiger partial charge in [0.25, 0.3) is 5.69 Å². The number of rotatable bonds is 6. The molecular weight excluding hydrogens is 434 g/mol. The number of hydrogen-bond acceptors (Lipinski definition) is 7. The molecule has 0 bridgehead atoms. The number of nitro benzene ring substituents is 1. The predicted octanol–water partition coefficient (Wildman–Crippen LogP) is 2.20. The Kier molecular flexibility index (Phi) is 6.56. The Morgan fingerprint density at radius 3 is 2.48 bits per heavy atom. The van der Waals surface area contributed by atoms with E-state index in [1.54, 1.807) is 6.92 Å². The number of ether oxygens (including phenoxy) is 1. The summed E-state index contributed by atoms with van der Waals surface area (Å²) in [4.78, 5) is 63.1. The molecule has 0 unspecified atom stereocenters. The molecule has 2 N–H and O–H groups in total. The van der Waals surface area contributed by atoms with Crippen LogP contribution in [-0.4, -0.2) is 45.0 Å². The van der Waals surface area contributed by atoms with Gasteiger partial charge in [0.1, 0.15) is 6.67 Å². The molecule has 172 valence electrons. The van der Waals surface area contributed by atoms with Gasteiger partial charge in [0.15, 0.2) is 0 Å². The summed E-state index contributed by atoms with van der Waals surface area (Å²) in [5, 5.41) is 13.9. The van der Waals surface area contributed by atoms with Gasteiger partial charge in [0.05, 0.1) is 28.1 Å². The van der Waals surface area contributed by atoms with Gasteiger partial charge in [-0.2, -0.15) is 0 Å². The molecule has 3 rings (SSSR count). The third-order valence-corrected chi connectivity index (χ3v) is 4.84. The molecule has 3 aromatic rings. The van der Waals surface area contributed by atoms with E-state index in [1.807, 2.05) is 0 Å². The monoisotopic (exact) mass is 455 g/mol. The van der Waals surface area contributed by atoms with Crippen LogP contribution in [0.2, 0.25) is 0 Å². The first kappa shape index (κ1) is 23.2. The first-order valence-corrected chi connectivity index (χ1v) is 9.83. The van der Waals surface area contributed by atoms with E-state index >= 15 is 0 Å². The molecule has 2 amide bonds. The molecule has 12 heteroatoms. The fraction of sp³-hybridized carbons (Fsp3) is 0.238. The molecule has 0 spiro atoms. The van der Waals surface area contributed by atoms with Crippen LogP contribution in [0.5, 0.6) is 0 Å². The van der Waals surface area contributed by atoms with E-state index in [0.717, 1.165) is 9.47 Å². The highest BCUT2D eigenvalue weighted by molar-refractivity contribution is 5.92. The van der Waals surface area contributed by atoms with Crippen LogP contribution in [0.3, 0.4) is 0 Å². The number of benzene rings is 2. The number of aryl methyl sites for hydroxylation is 1. The number of nitrogens with zero attached hydrogens (tertiary/aromatic N) is 3. The Bertz CT molecular complexity index is 1360. The summed E-state index contributed by atoms with van der Waals surface area (Å²) in [6, 6.07) is 7.98. The van der Waals surface area contributed by atoms with Gasteiger partial charge >= 0.3 is 23.1 Å². The lowest BCUT2D eigenvalue weighted by Crippen LogP contribution is -2.42. The number of fused-ring (bicyclic) bond motifs is 1. The molecule has 0 aliphatic rings. The molecule has 2 aromatic carbocycles. The number of amides is 2. The summed E-state index contributed by atoms with van der Waals surface area (Å²) in [5.74, 6) is -0.489. The minimum Gasteiger partial charge on any atom is -0.462 e. The van der Waals surface area contributed by atoms with E-state index in [4.69, 9.17) is 4.74 Å². The van der Waals surface area contributed by atoms with E-state index < -0.39 is 28.0 Å². The zero-order valence-corrected chi connectivity index (χ0v) is 18.1. The Labute approximate surface area is 186 Å². The molecule has 1 aromatic heterocycles. The average Bonchev–Trinajstić information content (AvgIpc) is 2.76. The standard InChI is InChI=1S/C21H21N5O7/c1-4-33-20(29)13-5-7-14(8-6-13)22-21(30)24(3)11-25-17-10-16(26(31)32)12(2)9-15(17)23-18(27)19(25)28/h5-10H,4,11H2,1-3H3,(H,22,30)(H,23,27). The second-order valence-electron chi connectivity index (χ2n) is 7.17. The highest BCUT2D eigenvalue weighted by Crippen LogP contribution is 2.23. The third-order valence-electron chi connectivity index (χ3n) is 4.84. The molecule has 0 aliphatic carbocycles. The summed E-state index contributed by atoms with van der Waals surface area (Å²) in [6.07, 6.45) is 0. The highest BCUT2D eigenvalue weighted by Gasteiger charge is 2.18. The molecule has 0 saturated carbocycles. The maximum Gasteiger partial charge on any atom is 0.338 e. The Morgan fingerprint density at radius 2 is 1.88 bits per heavy atom. The quantitative estimate of drug-likeness (QED) is 0.250. The van der Waals surface area contributed by atoms with Gasteiger partial charge in [0.2, 0.25) is 0 Å². The number of anilines is 1. The van der Waals surface area contributed by atoms with Gasteiger partial charge < -0.3 is 19.9 Å². The minimum absolute atomic E-state index is 0.107. The molecule has 0 fully saturated rings. The third kappa shape index (κ3) is 4.89. The van der Waals surface area contributed by atoms with E-state index in [0.29, 0.717) is 16.8 Å². The summed E-state index contributed by atoms with van der Waals surface area (Å²) in [6.45, 7) is 3.10. The van der Waals surface area contributed by atoms with Crippen molar-refractivity contribution in [2.75, 3.05) is 19.0 Å². The molecule has 33 heavy (non-hydrogen) atoms. The van der Waals surface area contributed by atoms with Crippen LogP contribution in [0.25, 0.3) is 11.0 Å². The summed E-state index contributed by atoms with van der Waals surface area (Å²) in [5.41, 5.74) is -0.752. The number of esters is 1. The molecule has 0 atom stereocenters. The molecule has 0 saturated heterocycles. The fourth-order valence-electron chi connectivity index (χ4n) is 3.15. The zero-order valence-electron chi connectivity index (χ0n) is 18.1. The van der Waals surface area contributed by atoms with E-state index in [1.165, 1.54) is 50.4 Å². The number of hydrogen-bond donors (Lipinski definition) is 2. The van der Waals surface area contributed by atoms with Gasteiger partial charge in [-0.05, 0) is 44.2 Å². The lowest BCUT2D eigenvalue weighted by atomic mass is 10.1. The first-order valence-electron chi connectivity index (χ1n) is 9.83. The number of H-pyrrole nitrogens is 1. The van der Waals surface area contributed by atoms with Gasteiger partial charge in [-0.3, -0.25) is 24.3 Å². The smallest absolute Gasteiger partial charge is 0.338 e. The van der Waals surface area contributed by atoms with Crippen LogP contribution < -0.4 is 16.4 Å². The average molecular weight is 455 g/mol. The lowest BCUT2D eigenvalue weighted by Gasteiger charge is -2.20. The number of carbonyl (C=O) groups excluding carboxylic acids is 2. The topological polar surface area (TPSA) is 157 Å². The largest absolute Gasteiger partial charge is 0.462 e. The summed E-state index contributed by atoms with van der Waals surface area (Å²) >= 11 is 0. The number of carbonyl (C=O) groups is 2. The van der Waals surface area contributed by atoms with Crippen molar-refractivity contribution < 1.29 is 19.2 Å². The fourth-order valence-corrected chi connectivity index (χ4v) is 3.15. The Balaban J connectivity index is 1.86. The lowest BCUT2D eigenvalue weighted by molar-refractivity contribution is -0.385. The number of urea groups is 1. The second kappa shape index (κ2) is 9.34. The molecule has 0 radical (unpaired) electrons. The number of aromatic nitrogens is 2. The predicted molar refractivity (Wildman–Crippen MR) is 119 cm³/mol. The van der Waals surface area contributed by atoms with Crippen LogP contribution in [-0.2, 0) is 11.4 Å². The van der Waals surface area contributed by atoms with E-state index in [2.05, 4.69) is 10.3 Å². The van der Waals surface area contributed by atoms with E-state index in [-0.39, 0.29) is 30.0 Å². The molecule has 0 aliphatic heterocycles. The number of nitrogens with one attached hydrogen (secondary N) is 2. The zero-order chi connectivity index (χ0) is 24.3. The minimum atomic E-state index is -0.959. The van der Waals surface area contributed by atoms with Crippen molar-refractivity contribution in [1.29, 1.82) is 0 Å². The van der Waals surface area contributed by atoms with Crippen LogP contribution in [0, 0.1) is 17.0 Å². The molecule has 12 nitrogen and oxygen atoms in total. The normalized spacial score (nSPS) is 10.6. The summed E-state index contributed by atoms with van der Waals surface area (Å²) < 4.78 is 5.89. The van der Waals surface area contributed by atoms with Crippen molar-refractivity contribution in [1.82, 2.24) is 14.5 Å². The van der Waals surface area contributed by atoms with Gasteiger partial charge in [-0.25, -0.2) is 9.59 Å². The van der Waals surface area contributed by atoms with Crippen LogP contribution in [0.15, 0.2) is 46.0 Å². The molecule has 1 heterocycles. The number of nitro groups is 1. The van der Waals surface area contributed by atoms with Crippen LogP contribution in [0.4, 0.5) is 16.2 Å². The van der Waals surface area contributed by atoms with Crippen molar-refractivity contribution in [2.45, 2.75) is 20.5 Å².